The smallest absolute Gasteiger partial charge is 0.232 e. The van der Waals surface area contributed by atoms with Gasteiger partial charge in [-0.15, -0.1) is 0 Å². The van der Waals surface area contributed by atoms with Crippen molar-refractivity contribution in [3.05, 3.63) is 28.2 Å². The van der Waals surface area contributed by atoms with Crippen molar-refractivity contribution in [3.63, 3.8) is 0 Å². The zero-order valence-corrected chi connectivity index (χ0v) is 16.0. The molecule has 8 heteroatoms. The number of sulfonamides is 1. The van der Waals surface area contributed by atoms with Crippen LogP contribution < -0.4 is 4.31 Å². The lowest BCUT2D eigenvalue weighted by atomic mass is 10.2. The van der Waals surface area contributed by atoms with Crippen LogP contribution in [-0.4, -0.2) is 45.1 Å². The predicted octanol–water partition coefficient (Wildman–Crippen LogP) is 3.55. The normalized spacial score (nSPS) is 15.9. The Morgan fingerprint density at radius 2 is 1.75 bits per heavy atom. The van der Waals surface area contributed by atoms with Crippen molar-refractivity contribution in [2.75, 3.05) is 30.2 Å². The maximum Gasteiger partial charge on any atom is 0.232 e. The fourth-order valence-electron chi connectivity index (χ4n) is 2.80. The van der Waals surface area contributed by atoms with E-state index in [0.29, 0.717) is 10.7 Å². The molecule has 0 N–H and O–H groups in total. The summed E-state index contributed by atoms with van der Waals surface area (Å²) in [5, 5.41) is 0.635. The number of hydrogen-bond acceptors (Lipinski definition) is 3. The van der Waals surface area contributed by atoms with Gasteiger partial charge in [0.2, 0.25) is 15.9 Å². The summed E-state index contributed by atoms with van der Waals surface area (Å²) in [4.78, 5) is 14.2. The molecule has 0 saturated carbocycles. The molecule has 1 aromatic carbocycles. The monoisotopic (exact) mass is 392 g/mol. The van der Waals surface area contributed by atoms with Gasteiger partial charge in [0.05, 0.1) is 22.0 Å². The average Bonchev–Trinajstić information content (AvgIpc) is 2.78. The van der Waals surface area contributed by atoms with Crippen LogP contribution in [0.3, 0.4) is 0 Å². The predicted molar refractivity (Wildman–Crippen MR) is 98.3 cm³/mol. The number of anilines is 1. The molecule has 1 heterocycles. The van der Waals surface area contributed by atoms with Crippen LogP contribution in [0.2, 0.25) is 10.0 Å². The number of benzene rings is 1. The Morgan fingerprint density at radius 1 is 1.12 bits per heavy atom. The number of hydrogen-bond donors (Lipinski definition) is 0. The molecule has 1 amide bonds. The number of likely N-dealkylation sites (tertiary alicyclic amines) is 1. The van der Waals surface area contributed by atoms with E-state index in [0.717, 1.165) is 45.0 Å². The van der Waals surface area contributed by atoms with E-state index >= 15 is 0 Å². The minimum absolute atomic E-state index is 0.00869. The molecular weight excluding hydrogens is 371 g/mol. The first kappa shape index (κ1) is 19.3. The average molecular weight is 393 g/mol. The van der Waals surface area contributed by atoms with Gasteiger partial charge in [-0.1, -0.05) is 36.0 Å². The van der Waals surface area contributed by atoms with Gasteiger partial charge < -0.3 is 4.90 Å². The molecule has 0 aliphatic carbocycles. The number of carbonyl (C=O) groups excluding carboxylic acids is 1. The third-order valence-corrected chi connectivity index (χ3v) is 6.01. The fraction of sp³-hybridized carbons (Fsp3) is 0.562. The molecule has 1 aliphatic rings. The largest absolute Gasteiger partial charge is 0.343 e. The molecule has 0 spiro atoms. The molecule has 134 valence electrons. The van der Waals surface area contributed by atoms with E-state index in [1.165, 1.54) is 10.4 Å². The summed E-state index contributed by atoms with van der Waals surface area (Å²) in [5.41, 5.74) is 0.413. The summed E-state index contributed by atoms with van der Waals surface area (Å²) >= 11 is 11.9. The van der Waals surface area contributed by atoms with Gasteiger partial charge in [0.15, 0.2) is 0 Å². The molecule has 5 nitrogen and oxygen atoms in total. The lowest BCUT2D eigenvalue weighted by molar-refractivity contribution is -0.130. The third kappa shape index (κ3) is 5.26. The Kier molecular flexibility index (Phi) is 6.78. The summed E-state index contributed by atoms with van der Waals surface area (Å²) in [6.07, 6.45) is 5.56. The molecule has 0 radical (unpaired) electrons. The Bertz CT molecular complexity index is 687. The Balaban J connectivity index is 2.09. The van der Waals surface area contributed by atoms with Gasteiger partial charge in [-0.3, -0.25) is 9.10 Å². The third-order valence-electron chi connectivity index (χ3n) is 4.08. The number of halogens is 2. The number of nitrogens with zero attached hydrogens (tertiary/aromatic N) is 2. The first-order valence-corrected chi connectivity index (χ1v) is 10.6. The molecular formula is C16H22Cl2N2O3S. The highest BCUT2D eigenvalue weighted by Gasteiger charge is 2.22. The van der Waals surface area contributed by atoms with Crippen LogP contribution in [0.15, 0.2) is 18.2 Å². The topological polar surface area (TPSA) is 57.7 Å². The lowest BCUT2D eigenvalue weighted by Crippen LogP contribution is -2.37. The molecule has 0 unspecified atom stereocenters. The van der Waals surface area contributed by atoms with Crippen molar-refractivity contribution < 1.29 is 13.2 Å². The summed E-state index contributed by atoms with van der Waals surface area (Å²) in [5.74, 6) is -0.00869. The summed E-state index contributed by atoms with van der Waals surface area (Å²) in [7, 11) is -3.52. The van der Waals surface area contributed by atoms with E-state index in [-0.39, 0.29) is 23.9 Å². The van der Waals surface area contributed by atoms with Gasteiger partial charge in [0, 0.05) is 26.1 Å². The van der Waals surface area contributed by atoms with E-state index in [1.54, 1.807) is 12.1 Å². The summed E-state index contributed by atoms with van der Waals surface area (Å²) in [6.45, 7) is 1.60. The van der Waals surface area contributed by atoms with E-state index < -0.39 is 10.0 Å². The van der Waals surface area contributed by atoms with Crippen LogP contribution in [0.1, 0.15) is 32.1 Å². The summed E-state index contributed by atoms with van der Waals surface area (Å²) < 4.78 is 25.4. The van der Waals surface area contributed by atoms with Crippen molar-refractivity contribution in [2.24, 2.45) is 0 Å². The zero-order valence-electron chi connectivity index (χ0n) is 13.7. The van der Waals surface area contributed by atoms with E-state index in [9.17, 15) is 13.2 Å². The van der Waals surface area contributed by atoms with Crippen LogP contribution in [0.5, 0.6) is 0 Å². The quantitative estimate of drug-likeness (QED) is 0.769. The second-order valence-corrected chi connectivity index (χ2v) is 8.70. The molecule has 2 rings (SSSR count). The Hall–Kier alpha value is -0.980. The number of rotatable bonds is 5. The van der Waals surface area contributed by atoms with Gasteiger partial charge in [0.1, 0.15) is 0 Å². The van der Waals surface area contributed by atoms with Crippen molar-refractivity contribution >= 4 is 44.8 Å². The molecule has 1 aromatic rings. The van der Waals surface area contributed by atoms with Gasteiger partial charge in [-0.2, -0.15) is 0 Å². The van der Waals surface area contributed by atoms with Crippen LogP contribution in [0, 0.1) is 0 Å². The highest BCUT2D eigenvalue weighted by Crippen LogP contribution is 2.28. The molecule has 0 atom stereocenters. The van der Waals surface area contributed by atoms with E-state index in [1.807, 2.05) is 4.90 Å². The number of carbonyl (C=O) groups is 1. The van der Waals surface area contributed by atoms with E-state index in [2.05, 4.69) is 0 Å². The van der Waals surface area contributed by atoms with Crippen molar-refractivity contribution in [1.82, 2.24) is 4.90 Å². The minimum atomic E-state index is -3.52. The van der Waals surface area contributed by atoms with Gasteiger partial charge in [0.25, 0.3) is 0 Å². The zero-order chi connectivity index (χ0) is 17.7. The van der Waals surface area contributed by atoms with Crippen LogP contribution >= 0.6 is 23.2 Å². The maximum absolute atomic E-state index is 12.4. The second kappa shape index (κ2) is 8.41. The molecule has 0 aromatic heterocycles. The molecule has 24 heavy (non-hydrogen) atoms. The van der Waals surface area contributed by atoms with Gasteiger partial charge >= 0.3 is 0 Å². The standard InChI is InChI=1S/C16H22Cl2N2O3S/c1-24(22,23)20(13-6-7-14(17)15(18)12-13)11-8-16(21)19-9-4-2-3-5-10-19/h6-7,12H,2-5,8-11H2,1H3. The SMILES string of the molecule is CS(=O)(=O)N(CCC(=O)N1CCCCCC1)c1ccc(Cl)c(Cl)c1. The lowest BCUT2D eigenvalue weighted by Gasteiger charge is -2.25. The van der Waals surface area contributed by atoms with Crippen LogP contribution in [0.25, 0.3) is 0 Å². The van der Waals surface area contributed by atoms with Crippen molar-refractivity contribution in [3.8, 4) is 0 Å². The second-order valence-electron chi connectivity index (χ2n) is 5.98. The van der Waals surface area contributed by atoms with Gasteiger partial charge in [-0.25, -0.2) is 8.42 Å². The Morgan fingerprint density at radius 3 is 2.29 bits per heavy atom. The minimum Gasteiger partial charge on any atom is -0.343 e. The van der Waals surface area contributed by atoms with E-state index in [4.69, 9.17) is 23.2 Å². The fourth-order valence-corrected chi connectivity index (χ4v) is 4.01. The van der Waals surface area contributed by atoms with Crippen molar-refractivity contribution in [1.29, 1.82) is 0 Å². The van der Waals surface area contributed by atoms with Crippen LogP contribution in [0.4, 0.5) is 5.69 Å². The maximum atomic E-state index is 12.4. The van der Waals surface area contributed by atoms with Crippen LogP contribution in [-0.2, 0) is 14.8 Å². The van der Waals surface area contributed by atoms with Crippen molar-refractivity contribution in [2.45, 2.75) is 32.1 Å². The first-order chi connectivity index (χ1) is 11.3. The Labute approximate surface area is 153 Å². The van der Waals surface area contributed by atoms with Gasteiger partial charge in [-0.05, 0) is 31.0 Å². The number of amides is 1. The highest BCUT2D eigenvalue weighted by atomic mass is 35.5. The summed E-state index contributed by atoms with van der Waals surface area (Å²) in [6, 6.07) is 4.64. The first-order valence-electron chi connectivity index (χ1n) is 7.99. The highest BCUT2D eigenvalue weighted by molar-refractivity contribution is 7.92. The molecule has 1 saturated heterocycles. The molecule has 1 fully saturated rings. The molecule has 0 bridgehead atoms. The molecule has 1 aliphatic heterocycles.